The van der Waals surface area contributed by atoms with E-state index < -0.39 is 47.6 Å². The standard InChI is InChI=1S/C27H42N2O5S/c1-15-9-8-10-27(7)22(34-27)12-20(16(2)11-19-14-35-18(4)28-19)29-23(31)13-21(30)26(5,6)25(33)17(3)24(15)32/h11,14-15,17,20-22,24,30,32H,8-10,12-13H2,1-7H3,(H,29,31)/b16-11+/t15?,17?,20-,21?,22?,24-,27+/m0/s1/i13D2. The van der Waals surface area contributed by atoms with Crippen molar-refractivity contribution in [1.82, 2.24) is 10.3 Å². The second kappa shape index (κ2) is 10.8. The predicted molar refractivity (Wildman–Crippen MR) is 138 cm³/mol. The number of nitrogens with zero attached hydrogens (tertiary/aromatic N) is 1. The first-order chi connectivity index (χ1) is 17.0. The zero-order valence-corrected chi connectivity index (χ0v) is 22.7. The topological polar surface area (TPSA) is 112 Å². The third-order valence-electron chi connectivity index (χ3n) is 7.78. The molecule has 0 spiro atoms. The number of carbonyl (C=O) groups is 2. The SMILES string of the molecule is [2H]C1([2H])C(=O)N[C@H](/C(C)=C/c2csc(C)n2)CC2O[C@]2(C)CCCC(C)[C@H](O)C(C)C(=O)C(C)(C)C1O. The average Bonchev–Trinajstić information content (AvgIpc) is 3.27. The number of aliphatic hydroxyl groups excluding tert-OH is 2. The zero-order valence-electron chi connectivity index (χ0n) is 23.9. The number of ketones is 1. The third-order valence-corrected chi connectivity index (χ3v) is 8.57. The smallest absolute Gasteiger partial charge is 0.223 e. The fourth-order valence-corrected chi connectivity index (χ4v) is 5.55. The number of aromatic nitrogens is 1. The summed E-state index contributed by atoms with van der Waals surface area (Å²) >= 11 is 1.52. The van der Waals surface area contributed by atoms with Crippen molar-refractivity contribution in [2.75, 3.05) is 0 Å². The molecule has 8 heteroatoms. The van der Waals surface area contributed by atoms with Crippen LogP contribution in [-0.2, 0) is 14.3 Å². The lowest BCUT2D eigenvalue weighted by atomic mass is 9.72. The molecule has 2 aliphatic heterocycles. The summed E-state index contributed by atoms with van der Waals surface area (Å²) in [4.78, 5) is 31.1. The first-order valence-electron chi connectivity index (χ1n) is 13.5. The number of rotatable bonds is 2. The average molecular weight is 509 g/mol. The number of fused-ring (bicyclic) bond motifs is 1. The molecular formula is C27H42N2O5S. The molecule has 0 bridgehead atoms. The summed E-state index contributed by atoms with van der Waals surface area (Å²) in [6.45, 7) is 12.2. The van der Waals surface area contributed by atoms with Crippen LogP contribution in [0.1, 0.15) is 87.0 Å². The molecule has 1 aromatic rings. The van der Waals surface area contributed by atoms with E-state index in [1.807, 2.05) is 39.2 Å². The second-order valence-corrected chi connectivity index (χ2v) is 12.2. The van der Waals surface area contributed by atoms with E-state index in [9.17, 15) is 19.8 Å². The minimum atomic E-state index is -2.75. The lowest BCUT2D eigenvalue weighted by molar-refractivity contribution is -0.143. The molecule has 2 aliphatic rings. The minimum Gasteiger partial charge on any atom is -0.392 e. The number of epoxide rings is 1. The van der Waals surface area contributed by atoms with Crippen molar-refractivity contribution in [3.63, 3.8) is 0 Å². The highest BCUT2D eigenvalue weighted by Gasteiger charge is 2.52. The normalized spacial score (nSPS) is 39.7. The molecule has 0 aliphatic carbocycles. The molecule has 3 rings (SSSR count). The Balaban J connectivity index is 1.96. The third kappa shape index (κ3) is 6.59. The van der Waals surface area contributed by atoms with Crippen LogP contribution in [0, 0.1) is 24.2 Å². The summed E-state index contributed by atoms with van der Waals surface area (Å²) in [5, 5.41) is 27.6. The van der Waals surface area contributed by atoms with E-state index in [4.69, 9.17) is 7.48 Å². The number of ether oxygens (including phenoxy) is 1. The van der Waals surface area contributed by atoms with Crippen LogP contribution >= 0.6 is 11.3 Å². The zero-order chi connectivity index (χ0) is 27.9. The van der Waals surface area contributed by atoms with Crippen molar-refractivity contribution in [2.45, 2.75) is 110 Å². The highest BCUT2D eigenvalue weighted by molar-refractivity contribution is 7.09. The van der Waals surface area contributed by atoms with Gasteiger partial charge in [-0.15, -0.1) is 11.3 Å². The molecule has 0 saturated carbocycles. The minimum absolute atomic E-state index is 0.126. The molecule has 7 nitrogen and oxygen atoms in total. The van der Waals surface area contributed by atoms with Gasteiger partial charge in [0.05, 0.1) is 52.4 Å². The summed E-state index contributed by atoms with van der Waals surface area (Å²) in [6, 6.07) is -0.546. The van der Waals surface area contributed by atoms with Crippen LogP contribution in [0.2, 0.25) is 0 Å². The van der Waals surface area contributed by atoms with E-state index in [1.165, 1.54) is 25.2 Å². The molecule has 3 heterocycles. The van der Waals surface area contributed by atoms with Crippen molar-refractivity contribution < 1.29 is 27.3 Å². The van der Waals surface area contributed by atoms with E-state index in [0.717, 1.165) is 29.1 Å². The summed E-state index contributed by atoms with van der Waals surface area (Å²) in [5.74, 6) is -2.47. The maximum atomic E-state index is 13.4. The second-order valence-electron chi connectivity index (χ2n) is 11.1. The Hall–Kier alpha value is -1.61. The molecule has 1 amide bonds. The molecule has 2 saturated heterocycles. The molecule has 2 fully saturated rings. The predicted octanol–water partition coefficient (Wildman–Crippen LogP) is 4.05. The van der Waals surface area contributed by atoms with Crippen LogP contribution in [-0.4, -0.2) is 56.8 Å². The van der Waals surface area contributed by atoms with Gasteiger partial charge in [-0.1, -0.05) is 34.1 Å². The van der Waals surface area contributed by atoms with E-state index in [2.05, 4.69) is 10.3 Å². The Kier molecular flexibility index (Phi) is 7.72. The van der Waals surface area contributed by atoms with Gasteiger partial charge in [-0.25, -0.2) is 4.98 Å². The fourth-order valence-electron chi connectivity index (χ4n) is 4.98. The Labute approximate surface area is 216 Å². The van der Waals surface area contributed by atoms with Crippen LogP contribution < -0.4 is 5.32 Å². The lowest BCUT2D eigenvalue weighted by Crippen LogP contribution is -2.47. The number of nitrogens with one attached hydrogen (secondary N) is 1. The van der Waals surface area contributed by atoms with Gasteiger partial charge in [0.1, 0.15) is 5.78 Å². The Morgan fingerprint density at radius 2 is 2.00 bits per heavy atom. The molecule has 35 heavy (non-hydrogen) atoms. The largest absolute Gasteiger partial charge is 0.392 e. The number of amides is 1. The number of aryl methyl sites for hydroxylation is 1. The summed E-state index contributed by atoms with van der Waals surface area (Å²) in [7, 11) is 0. The van der Waals surface area contributed by atoms with Crippen LogP contribution in [0.3, 0.4) is 0 Å². The number of thiazole rings is 1. The van der Waals surface area contributed by atoms with Gasteiger partial charge in [0, 0.05) is 20.5 Å². The van der Waals surface area contributed by atoms with Crippen molar-refractivity contribution in [2.24, 2.45) is 17.3 Å². The molecular weight excluding hydrogens is 464 g/mol. The van der Waals surface area contributed by atoms with Crippen LogP contribution in [0.15, 0.2) is 11.0 Å². The van der Waals surface area contributed by atoms with E-state index in [1.54, 1.807) is 6.92 Å². The molecule has 0 aromatic carbocycles. The van der Waals surface area contributed by atoms with Crippen molar-refractivity contribution in [3.05, 3.63) is 21.7 Å². The molecule has 4 unspecified atom stereocenters. The highest BCUT2D eigenvalue weighted by atomic mass is 32.1. The van der Waals surface area contributed by atoms with Gasteiger partial charge >= 0.3 is 0 Å². The first kappa shape index (κ1) is 25.1. The van der Waals surface area contributed by atoms with E-state index in [0.29, 0.717) is 12.8 Å². The first-order valence-corrected chi connectivity index (χ1v) is 13.4. The Morgan fingerprint density at radius 1 is 1.31 bits per heavy atom. The van der Waals surface area contributed by atoms with Gasteiger partial charge in [0.25, 0.3) is 0 Å². The van der Waals surface area contributed by atoms with Crippen molar-refractivity contribution in [1.29, 1.82) is 0 Å². The maximum Gasteiger partial charge on any atom is 0.223 e. The number of Topliss-reactive ketones (excluding diaryl/α,β-unsaturated/α-hetero) is 1. The Morgan fingerprint density at radius 3 is 2.63 bits per heavy atom. The van der Waals surface area contributed by atoms with Crippen LogP contribution in [0.4, 0.5) is 0 Å². The fraction of sp³-hybridized carbons (Fsp3) is 0.741. The highest BCUT2D eigenvalue weighted by Crippen LogP contribution is 2.44. The monoisotopic (exact) mass is 508 g/mol. The number of hydrogen-bond acceptors (Lipinski definition) is 7. The van der Waals surface area contributed by atoms with Gasteiger partial charge in [-0.2, -0.15) is 0 Å². The van der Waals surface area contributed by atoms with E-state index in [-0.39, 0.29) is 17.6 Å². The van der Waals surface area contributed by atoms with Gasteiger partial charge in [-0.3, -0.25) is 9.59 Å². The summed E-state index contributed by atoms with van der Waals surface area (Å²) < 4.78 is 23.1. The molecule has 1 aromatic heterocycles. The Bertz CT molecular complexity index is 1040. The summed E-state index contributed by atoms with van der Waals surface area (Å²) in [6.07, 6.45) is -1.14. The molecule has 196 valence electrons. The van der Waals surface area contributed by atoms with Gasteiger partial charge in [0.2, 0.25) is 5.91 Å². The van der Waals surface area contributed by atoms with E-state index >= 15 is 0 Å². The van der Waals surface area contributed by atoms with Crippen LogP contribution in [0.5, 0.6) is 0 Å². The van der Waals surface area contributed by atoms with Gasteiger partial charge < -0.3 is 20.3 Å². The van der Waals surface area contributed by atoms with Crippen molar-refractivity contribution in [3.8, 4) is 0 Å². The maximum absolute atomic E-state index is 13.4. The molecule has 3 N–H and O–H groups in total. The number of hydrogen-bond donors (Lipinski definition) is 3. The van der Waals surface area contributed by atoms with Gasteiger partial charge in [-0.05, 0) is 51.2 Å². The van der Waals surface area contributed by atoms with Crippen LogP contribution in [0.25, 0.3) is 6.08 Å². The molecule has 7 atom stereocenters. The number of aliphatic hydroxyl groups is 2. The van der Waals surface area contributed by atoms with Gasteiger partial charge in [0.15, 0.2) is 0 Å². The lowest BCUT2D eigenvalue weighted by Gasteiger charge is -2.34. The van der Waals surface area contributed by atoms with Crippen molar-refractivity contribution >= 4 is 29.1 Å². The number of carbonyl (C=O) groups excluding carboxylic acids is 2. The summed E-state index contributed by atoms with van der Waals surface area (Å²) in [5.41, 5.74) is -0.417. The molecule has 0 radical (unpaired) electrons. The quantitative estimate of drug-likeness (QED) is 0.520.